The average molecular weight is 174 g/mol. The minimum Gasteiger partial charge on any atom is -0.0819 e. The first kappa shape index (κ1) is 7.09. The van der Waals surface area contributed by atoms with Crippen molar-refractivity contribution in [1.29, 1.82) is 0 Å². The smallest absolute Gasteiger partial charge is 0.0166 e. The number of rotatable bonds is 0. The molecule has 3 saturated carbocycles. The highest BCUT2D eigenvalue weighted by Crippen LogP contribution is 2.66. The molecule has 0 heteroatoms. The predicted octanol–water partition coefficient (Wildman–Crippen LogP) is 3.24. The summed E-state index contributed by atoms with van der Waals surface area (Å²) in [6, 6.07) is 0. The number of hydrogen-bond acceptors (Lipinski definition) is 0. The SMILES string of the molecule is CC1=CC2CC1C1C3CCC(C3)C21. The molecule has 0 saturated heterocycles. The summed E-state index contributed by atoms with van der Waals surface area (Å²) >= 11 is 0. The second-order valence-corrected chi connectivity index (χ2v) is 5.90. The van der Waals surface area contributed by atoms with Gasteiger partial charge in [-0.1, -0.05) is 11.6 Å². The zero-order chi connectivity index (χ0) is 8.58. The Hall–Kier alpha value is -0.260. The lowest BCUT2D eigenvalue weighted by Crippen LogP contribution is -2.27. The Morgan fingerprint density at radius 1 is 1.08 bits per heavy atom. The van der Waals surface area contributed by atoms with Crippen LogP contribution in [0.4, 0.5) is 0 Å². The summed E-state index contributed by atoms with van der Waals surface area (Å²) in [5.74, 6) is 6.64. The first-order valence-electron chi connectivity index (χ1n) is 6.03. The summed E-state index contributed by atoms with van der Waals surface area (Å²) in [6.45, 7) is 2.38. The van der Waals surface area contributed by atoms with Crippen molar-refractivity contribution in [3.63, 3.8) is 0 Å². The van der Waals surface area contributed by atoms with Gasteiger partial charge >= 0.3 is 0 Å². The Labute approximate surface area is 80.4 Å². The van der Waals surface area contributed by atoms with Crippen LogP contribution >= 0.6 is 0 Å². The highest BCUT2D eigenvalue weighted by molar-refractivity contribution is 5.25. The lowest BCUT2D eigenvalue weighted by Gasteiger charge is -2.33. The maximum atomic E-state index is 2.62. The summed E-state index contributed by atoms with van der Waals surface area (Å²) in [4.78, 5) is 0. The Morgan fingerprint density at radius 3 is 2.69 bits per heavy atom. The summed E-state index contributed by atoms with van der Waals surface area (Å²) in [6.07, 6.45) is 8.90. The van der Waals surface area contributed by atoms with E-state index in [4.69, 9.17) is 0 Å². The Kier molecular flexibility index (Phi) is 1.11. The van der Waals surface area contributed by atoms with Crippen molar-refractivity contribution in [1.82, 2.24) is 0 Å². The van der Waals surface area contributed by atoms with Crippen molar-refractivity contribution < 1.29 is 0 Å². The van der Waals surface area contributed by atoms with Crippen LogP contribution in [0.2, 0.25) is 0 Å². The molecule has 4 bridgehead atoms. The molecule has 0 N–H and O–H groups in total. The van der Waals surface area contributed by atoms with E-state index in [0.717, 1.165) is 35.5 Å². The van der Waals surface area contributed by atoms with E-state index in [1.165, 1.54) is 6.42 Å². The fourth-order valence-electron chi connectivity index (χ4n) is 5.35. The fourth-order valence-corrected chi connectivity index (χ4v) is 5.35. The summed E-state index contributed by atoms with van der Waals surface area (Å²) in [5.41, 5.74) is 1.75. The molecule has 6 atom stereocenters. The van der Waals surface area contributed by atoms with E-state index < -0.39 is 0 Å². The minimum absolute atomic E-state index is 1.02. The minimum atomic E-state index is 1.02. The van der Waals surface area contributed by atoms with Crippen LogP contribution in [0.3, 0.4) is 0 Å². The van der Waals surface area contributed by atoms with Crippen molar-refractivity contribution >= 4 is 0 Å². The van der Waals surface area contributed by atoms with Crippen LogP contribution < -0.4 is 0 Å². The Balaban J connectivity index is 1.81. The molecule has 0 amide bonds. The third-order valence-electron chi connectivity index (χ3n) is 5.59. The van der Waals surface area contributed by atoms with Crippen molar-refractivity contribution in [3.8, 4) is 0 Å². The highest BCUT2D eigenvalue weighted by Gasteiger charge is 2.58. The molecule has 0 spiro atoms. The molecular weight excluding hydrogens is 156 g/mol. The monoisotopic (exact) mass is 174 g/mol. The second kappa shape index (κ2) is 2.04. The first-order chi connectivity index (χ1) is 6.34. The quantitative estimate of drug-likeness (QED) is 0.390. The molecule has 13 heavy (non-hydrogen) atoms. The van der Waals surface area contributed by atoms with E-state index in [0.29, 0.717) is 0 Å². The van der Waals surface area contributed by atoms with Gasteiger partial charge in [0.05, 0.1) is 0 Å². The molecule has 0 aromatic carbocycles. The van der Waals surface area contributed by atoms with Gasteiger partial charge in [0.15, 0.2) is 0 Å². The Bertz CT molecular complexity index is 288. The van der Waals surface area contributed by atoms with E-state index in [1.807, 2.05) is 0 Å². The number of hydrogen-bond donors (Lipinski definition) is 0. The fraction of sp³-hybridized carbons (Fsp3) is 0.846. The molecular formula is C13H18. The van der Waals surface area contributed by atoms with Crippen LogP contribution in [-0.2, 0) is 0 Å². The van der Waals surface area contributed by atoms with Crippen molar-refractivity contribution in [2.24, 2.45) is 35.5 Å². The summed E-state index contributed by atoms with van der Waals surface area (Å²) in [5, 5.41) is 0. The lowest BCUT2D eigenvalue weighted by atomic mass is 9.71. The van der Waals surface area contributed by atoms with Crippen LogP contribution in [0.1, 0.15) is 32.6 Å². The van der Waals surface area contributed by atoms with Gasteiger partial charge in [-0.05, 0) is 68.1 Å². The van der Waals surface area contributed by atoms with Gasteiger partial charge in [-0.2, -0.15) is 0 Å². The second-order valence-electron chi connectivity index (χ2n) is 5.90. The van der Waals surface area contributed by atoms with E-state index in [2.05, 4.69) is 13.0 Å². The topological polar surface area (TPSA) is 0 Å². The van der Waals surface area contributed by atoms with Crippen molar-refractivity contribution in [2.45, 2.75) is 32.6 Å². The van der Waals surface area contributed by atoms with Crippen LogP contribution in [-0.4, -0.2) is 0 Å². The molecule has 0 aromatic heterocycles. The van der Waals surface area contributed by atoms with Gasteiger partial charge in [0, 0.05) is 0 Å². The van der Waals surface area contributed by atoms with E-state index >= 15 is 0 Å². The van der Waals surface area contributed by atoms with E-state index in [-0.39, 0.29) is 0 Å². The van der Waals surface area contributed by atoms with E-state index in [1.54, 1.807) is 24.8 Å². The van der Waals surface area contributed by atoms with Gasteiger partial charge in [0.25, 0.3) is 0 Å². The molecule has 4 aliphatic rings. The lowest BCUT2D eigenvalue weighted by molar-refractivity contribution is 0.201. The zero-order valence-corrected chi connectivity index (χ0v) is 8.37. The van der Waals surface area contributed by atoms with Gasteiger partial charge in [0.1, 0.15) is 0 Å². The zero-order valence-electron chi connectivity index (χ0n) is 8.37. The Morgan fingerprint density at radius 2 is 1.85 bits per heavy atom. The molecule has 70 valence electrons. The molecule has 0 radical (unpaired) electrons. The molecule has 0 aliphatic heterocycles. The van der Waals surface area contributed by atoms with Crippen LogP contribution in [0, 0.1) is 35.5 Å². The summed E-state index contributed by atoms with van der Waals surface area (Å²) in [7, 11) is 0. The molecule has 4 aliphatic carbocycles. The van der Waals surface area contributed by atoms with Gasteiger partial charge in [-0.3, -0.25) is 0 Å². The van der Waals surface area contributed by atoms with Gasteiger partial charge in [-0.25, -0.2) is 0 Å². The van der Waals surface area contributed by atoms with Crippen LogP contribution in [0.5, 0.6) is 0 Å². The molecule has 0 nitrogen and oxygen atoms in total. The van der Waals surface area contributed by atoms with Crippen molar-refractivity contribution in [2.75, 3.05) is 0 Å². The van der Waals surface area contributed by atoms with Crippen LogP contribution in [0.25, 0.3) is 0 Å². The number of allylic oxidation sites excluding steroid dienone is 2. The molecule has 6 unspecified atom stereocenters. The third-order valence-corrected chi connectivity index (χ3v) is 5.59. The molecule has 3 fully saturated rings. The number of fused-ring (bicyclic) bond motifs is 9. The van der Waals surface area contributed by atoms with E-state index in [9.17, 15) is 0 Å². The predicted molar refractivity (Wildman–Crippen MR) is 53.2 cm³/mol. The maximum Gasteiger partial charge on any atom is -0.0166 e. The largest absolute Gasteiger partial charge is 0.0819 e. The van der Waals surface area contributed by atoms with Gasteiger partial charge < -0.3 is 0 Å². The maximum absolute atomic E-state index is 2.62. The average Bonchev–Trinajstić information content (AvgIpc) is 2.78. The molecule has 4 rings (SSSR count). The standard InChI is InChI=1S/C13H18/c1-7-4-10-6-11(7)13-9-3-2-8(5-9)12(10)13/h4,8-13H,2-3,5-6H2,1H3. The van der Waals surface area contributed by atoms with Crippen LogP contribution in [0.15, 0.2) is 11.6 Å². The van der Waals surface area contributed by atoms with Gasteiger partial charge in [0.2, 0.25) is 0 Å². The molecule has 0 aromatic rings. The summed E-state index contributed by atoms with van der Waals surface area (Å²) < 4.78 is 0. The van der Waals surface area contributed by atoms with Crippen molar-refractivity contribution in [3.05, 3.63) is 11.6 Å². The van der Waals surface area contributed by atoms with Gasteiger partial charge in [-0.15, -0.1) is 0 Å². The molecule has 0 heterocycles. The highest BCUT2D eigenvalue weighted by atomic mass is 14.6. The first-order valence-corrected chi connectivity index (χ1v) is 6.03. The third kappa shape index (κ3) is 0.671. The normalized spacial score (nSPS) is 61.5.